The number of H-pyrrole nitrogens is 1. The van der Waals surface area contributed by atoms with Gasteiger partial charge in [-0.3, -0.25) is 4.79 Å². The highest BCUT2D eigenvalue weighted by Gasteiger charge is 2.45. The van der Waals surface area contributed by atoms with Crippen LogP contribution in [0.2, 0.25) is 0 Å². The Bertz CT molecular complexity index is 778. The first-order chi connectivity index (χ1) is 9.91. The third-order valence-electron chi connectivity index (χ3n) is 2.91. The van der Waals surface area contributed by atoms with Crippen molar-refractivity contribution in [2.75, 3.05) is 0 Å². The molecule has 1 heterocycles. The molecule has 0 radical (unpaired) electrons. The largest absolute Gasteiger partial charge is 0.418 e. The molecule has 0 fully saturated rings. The lowest BCUT2D eigenvalue weighted by atomic mass is 9.99. The minimum absolute atomic E-state index is 0.00902. The lowest BCUT2D eigenvalue weighted by Gasteiger charge is -2.20. The number of hydrogen-bond donors (Lipinski definition) is 2. The first-order valence-electron chi connectivity index (χ1n) is 5.78. The second-order valence-electron chi connectivity index (χ2n) is 4.55. The summed E-state index contributed by atoms with van der Waals surface area (Å²) in [5.74, 6) is 0.00902. The van der Waals surface area contributed by atoms with Crippen molar-refractivity contribution in [1.82, 2.24) is 9.97 Å². The Morgan fingerprint density at radius 2 is 1.77 bits per heavy atom. The average molecular weight is 326 g/mol. The van der Waals surface area contributed by atoms with Gasteiger partial charge in [0.1, 0.15) is 5.82 Å². The van der Waals surface area contributed by atoms with E-state index in [0.29, 0.717) is 12.1 Å². The molecule has 0 saturated carbocycles. The van der Waals surface area contributed by atoms with Gasteiger partial charge in [-0.1, -0.05) is 0 Å². The van der Waals surface area contributed by atoms with Gasteiger partial charge in [-0.2, -0.15) is 26.3 Å². The van der Waals surface area contributed by atoms with Crippen LogP contribution in [0.1, 0.15) is 23.1 Å². The molecule has 2 N–H and O–H groups in total. The van der Waals surface area contributed by atoms with Crippen molar-refractivity contribution in [2.24, 2.45) is 0 Å². The number of hydrogen-bond acceptors (Lipinski definition) is 3. The summed E-state index contributed by atoms with van der Waals surface area (Å²) < 4.78 is 76.4. The molecule has 22 heavy (non-hydrogen) atoms. The predicted octanol–water partition coefficient (Wildman–Crippen LogP) is 2.85. The molecular weight excluding hydrogens is 318 g/mol. The molecule has 1 aromatic heterocycles. The summed E-state index contributed by atoms with van der Waals surface area (Å²) in [6.45, 7) is 1.31. The second kappa shape index (κ2) is 4.97. The van der Waals surface area contributed by atoms with Crippen LogP contribution >= 0.6 is 0 Å². The van der Waals surface area contributed by atoms with E-state index in [1.165, 1.54) is 6.92 Å². The normalized spacial score (nSPS) is 14.4. The van der Waals surface area contributed by atoms with E-state index in [1.54, 1.807) is 0 Å². The van der Waals surface area contributed by atoms with E-state index in [-0.39, 0.29) is 5.82 Å². The van der Waals surface area contributed by atoms with Crippen molar-refractivity contribution in [2.45, 2.75) is 25.4 Å². The van der Waals surface area contributed by atoms with Crippen LogP contribution in [0.25, 0.3) is 10.9 Å². The number of halogens is 6. The van der Waals surface area contributed by atoms with Gasteiger partial charge >= 0.3 is 12.4 Å². The topological polar surface area (TPSA) is 66.0 Å². The monoisotopic (exact) mass is 326 g/mol. The quantitative estimate of drug-likeness (QED) is 0.792. The maximum Gasteiger partial charge on any atom is 0.418 e. The molecule has 0 aliphatic carbocycles. The maximum absolute atomic E-state index is 12.9. The number of aryl methyl sites for hydroxylation is 1. The van der Waals surface area contributed by atoms with Gasteiger partial charge in [-0.15, -0.1) is 0 Å². The molecule has 1 aromatic carbocycles. The summed E-state index contributed by atoms with van der Waals surface area (Å²) in [4.78, 5) is 17.5. The highest BCUT2D eigenvalue weighted by molar-refractivity contribution is 5.79. The van der Waals surface area contributed by atoms with Crippen LogP contribution in [0.4, 0.5) is 26.3 Å². The fraction of sp³-hybridized carbons (Fsp3) is 0.333. The molecular formula is C12H8F6N2O2. The minimum Gasteiger partial charge on any atom is -0.379 e. The number of rotatable bonds is 1. The summed E-state index contributed by atoms with van der Waals surface area (Å²) >= 11 is 0. The van der Waals surface area contributed by atoms with Gasteiger partial charge in [0, 0.05) is 5.56 Å². The van der Waals surface area contributed by atoms with Crippen molar-refractivity contribution in [3.63, 3.8) is 0 Å². The van der Waals surface area contributed by atoms with Gasteiger partial charge in [0.25, 0.3) is 5.56 Å². The molecule has 0 unspecified atom stereocenters. The Morgan fingerprint density at radius 3 is 2.27 bits per heavy atom. The molecule has 0 aliphatic rings. The van der Waals surface area contributed by atoms with Crippen molar-refractivity contribution in [1.29, 1.82) is 0 Å². The second-order valence-corrected chi connectivity index (χ2v) is 4.55. The van der Waals surface area contributed by atoms with E-state index >= 15 is 0 Å². The average Bonchev–Trinajstić information content (AvgIpc) is 2.34. The van der Waals surface area contributed by atoms with E-state index in [4.69, 9.17) is 5.11 Å². The van der Waals surface area contributed by atoms with E-state index in [2.05, 4.69) is 9.97 Å². The van der Waals surface area contributed by atoms with Crippen molar-refractivity contribution < 1.29 is 31.4 Å². The lowest BCUT2D eigenvalue weighted by molar-refractivity contribution is -0.209. The van der Waals surface area contributed by atoms with Crippen LogP contribution in [0.15, 0.2) is 16.9 Å². The molecule has 0 spiro atoms. The summed E-state index contributed by atoms with van der Waals surface area (Å²) in [5.41, 5.74) is -4.44. The van der Waals surface area contributed by atoms with Crippen molar-refractivity contribution in [3.8, 4) is 0 Å². The van der Waals surface area contributed by atoms with E-state index in [1.807, 2.05) is 0 Å². The van der Waals surface area contributed by atoms with Crippen LogP contribution in [-0.4, -0.2) is 21.3 Å². The van der Waals surface area contributed by atoms with E-state index in [0.717, 1.165) is 0 Å². The number of fused-ring (bicyclic) bond motifs is 1. The molecule has 0 bridgehead atoms. The number of aliphatic hydroxyl groups is 1. The van der Waals surface area contributed by atoms with Crippen molar-refractivity contribution >= 4 is 10.9 Å². The zero-order valence-corrected chi connectivity index (χ0v) is 10.8. The summed E-state index contributed by atoms with van der Waals surface area (Å²) in [7, 11) is 0. The van der Waals surface area contributed by atoms with E-state index in [9.17, 15) is 31.1 Å². The molecule has 1 atom stereocenters. The number of nitrogens with zero attached hydrogens (tertiary/aromatic N) is 1. The van der Waals surface area contributed by atoms with Gasteiger partial charge < -0.3 is 10.1 Å². The number of aromatic nitrogens is 2. The third kappa shape index (κ3) is 2.91. The molecule has 2 rings (SSSR count). The maximum atomic E-state index is 12.9. The zero-order valence-electron chi connectivity index (χ0n) is 10.8. The lowest BCUT2D eigenvalue weighted by Crippen LogP contribution is -2.24. The fourth-order valence-corrected chi connectivity index (χ4v) is 1.97. The Morgan fingerprint density at radius 1 is 1.18 bits per heavy atom. The molecule has 0 aliphatic heterocycles. The zero-order chi connectivity index (χ0) is 16.9. The van der Waals surface area contributed by atoms with Gasteiger partial charge in [0.2, 0.25) is 0 Å². The molecule has 4 nitrogen and oxygen atoms in total. The van der Waals surface area contributed by atoms with Crippen LogP contribution < -0.4 is 5.56 Å². The van der Waals surface area contributed by atoms with E-state index < -0.39 is 46.0 Å². The standard InChI is InChI=1S/C12H8F6N2O2/c1-4-19-8-3-7(11(13,14)15)5(9(21)12(16,17)18)2-6(8)10(22)20-4/h2-3,9,21H,1H3,(H,19,20,22)/t9-/m0/s1. The number of aromatic amines is 1. The van der Waals surface area contributed by atoms with Gasteiger partial charge in [-0.25, -0.2) is 4.98 Å². The fourth-order valence-electron chi connectivity index (χ4n) is 1.97. The van der Waals surface area contributed by atoms with Crippen molar-refractivity contribution in [3.05, 3.63) is 39.4 Å². The van der Waals surface area contributed by atoms with Crippen LogP contribution in [-0.2, 0) is 6.18 Å². The Kier molecular flexibility index (Phi) is 3.68. The molecule has 0 amide bonds. The molecule has 10 heteroatoms. The summed E-state index contributed by atoms with van der Waals surface area (Å²) in [6.07, 6.45) is -13.8. The predicted molar refractivity (Wildman–Crippen MR) is 63.1 cm³/mol. The third-order valence-corrected chi connectivity index (χ3v) is 2.91. The number of benzene rings is 1. The number of aliphatic hydroxyl groups excluding tert-OH is 1. The highest BCUT2D eigenvalue weighted by atomic mass is 19.4. The summed E-state index contributed by atoms with van der Waals surface area (Å²) in [5, 5.41) is 8.67. The Hall–Kier alpha value is -2.10. The van der Waals surface area contributed by atoms with Gasteiger partial charge in [0.15, 0.2) is 6.10 Å². The first kappa shape index (κ1) is 16.3. The van der Waals surface area contributed by atoms with Crippen LogP contribution in [0, 0.1) is 6.92 Å². The first-order valence-corrected chi connectivity index (χ1v) is 5.78. The highest BCUT2D eigenvalue weighted by Crippen LogP contribution is 2.41. The number of alkyl halides is 6. The SMILES string of the molecule is Cc1nc2cc(C(F)(F)F)c([C@H](O)C(F)(F)F)cc2c(=O)[nH]1. The molecule has 120 valence electrons. The smallest absolute Gasteiger partial charge is 0.379 e. The number of nitrogens with one attached hydrogen (secondary N) is 1. The van der Waals surface area contributed by atoms with Crippen LogP contribution in [0.3, 0.4) is 0 Å². The van der Waals surface area contributed by atoms with Gasteiger partial charge in [0.05, 0.1) is 16.5 Å². The molecule has 0 saturated heterocycles. The Labute approximate surface area is 118 Å². The molecule has 2 aromatic rings. The van der Waals surface area contributed by atoms with Gasteiger partial charge in [-0.05, 0) is 19.1 Å². The minimum atomic E-state index is -5.31. The van der Waals surface area contributed by atoms with Crippen LogP contribution in [0.5, 0.6) is 0 Å². The Balaban J connectivity index is 2.86. The summed E-state index contributed by atoms with van der Waals surface area (Å²) in [6, 6.07) is 0.684.